The second-order valence-corrected chi connectivity index (χ2v) is 3.67. The van der Waals surface area contributed by atoms with Crippen molar-refractivity contribution in [2.45, 2.75) is 6.42 Å². The number of benzene rings is 1. The van der Waals surface area contributed by atoms with Crippen LogP contribution in [0.2, 0.25) is 0 Å². The Kier molecular flexibility index (Phi) is 4.68. The fourth-order valence-electron chi connectivity index (χ4n) is 1.40. The van der Waals surface area contributed by atoms with Gasteiger partial charge in [-0.15, -0.1) is 0 Å². The molecule has 19 heavy (non-hydrogen) atoms. The van der Waals surface area contributed by atoms with E-state index in [9.17, 15) is 26.7 Å². The lowest BCUT2D eigenvalue weighted by Gasteiger charge is -2.20. The molecule has 0 aromatic heterocycles. The lowest BCUT2D eigenvalue weighted by molar-refractivity contribution is -0.140. The Morgan fingerprint density at radius 1 is 1.00 bits per heavy atom. The Morgan fingerprint density at radius 3 is 1.84 bits per heavy atom. The zero-order valence-corrected chi connectivity index (χ0v) is 10.1. The maximum atomic E-state index is 13.4. The number of carbonyl (C=O) groups is 1. The van der Waals surface area contributed by atoms with E-state index < -0.39 is 40.7 Å². The molecule has 106 valence electrons. The first kappa shape index (κ1) is 15.2. The minimum Gasteiger partial charge on any atom is -0.469 e. The fraction of sp³-hybridized carbons (Fsp3) is 0.364. The lowest BCUT2D eigenvalue weighted by atomic mass is 10.2. The summed E-state index contributed by atoms with van der Waals surface area (Å²) >= 11 is 0. The number of ether oxygens (including phenoxy) is 1. The highest BCUT2D eigenvalue weighted by Crippen LogP contribution is 2.29. The standard InChI is InChI=1S/C11H10F5NO2/c1-17(4-3-5(18)19-2)11-9(15)7(13)6(12)8(14)10(11)16/h3-4H2,1-2H3. The van der Waals surface area contributed by atoms with Crippen molar-refractivity contribution in [1.29, 1.82) is 0 Å². The van der Waals surface area contributed by atoms with Gasteiger partial charge in [-0.2, -0.15) is 0 Å². The third-order valence-electron chi connectivity index (χ3n) is 2.45. The van der Waals surface area contributed by atoms with Crippen molar-refractivity contribution in [3.8, 4) is 0 Å². The summed E-state index contributed by atoms with van der Waals surface area (Å²) in [6.45, 7) is -0.259. The van der Waals surface area contributed by atoms with Crippen molar-refractivity contribution in [1.82, 2.24) is 0 Å². The number of methoxy groups -OCH3 is 1. The van der Waals surface area contributed by atoms with E-state index >= 15 is 0 Å². The van der Waals surface area contributed by atoms with Crippen molar-refractivity contribution in [3.05, 3.63) is 29.1 Å². The van der Waals surface area contributed by atoms with E-state index in [1.807, 2.05) is 0 Å². The van der Waals surface area contributed by atoms with E-state index in [0.29, 0.717) is 0 Å². The summed E-state index contributed by atoms with van der Waals surface area (Å²) in [5, 5.41) is 0. The molecule has 8 heteroatoms. The van der Waals surface area contributed by atoms with Crippen LogP contribution in [0.3, 0.4) is 0 Å². The molecule has 1 rings (SSSR count). The van der Waals surface area contributed by atoms with Crippen LogP contribution in [-0.4, -0.2) is 26.7 Å². The fourth-order valence-corrected chi connectivity index (χ4v) is 1.40. The number of hydrogen-bond donors (Lipinski definition) is 0. The molecule has 0 aliphatic heterocycles. The summed E-state index contributed by atoms with van der Waals surface area (Å²) in [6, 6.07) is 0. The zero-order valence-electron chi connectivity index (χ0n) is 10.1. The van der Waals surface area contributed by atoms with Gasteiger partial charge in [0.25, 0.3) is 0 Å². The maximum Gasteiger partial charge on any atom is 0.307 e. The topological polar surface area (TPSA) is 29.5 Å². The summed E-state index contributed by atoms with van der Waals surface area (Å²) < 4.78 is 69.8. The second-order valence-electron chi connectivity index (χ2n) is 3.67. The Hall–Kier alpha value is -1.86. The Bertz CT molecular complexity index is 477. The van der Waals surface area contributed by atoms with Crippen molar-refractivity contribution in [3.63, 3.8) is 0 Å². The van der Waals surface area contributed by atoms with Gasteiger partial charge in [-0.3, -0.25) is 4.79 Å². The minimum atomic E-state index is -2.22. The molecule has 0 saturated carbocycles. The monoisotopic (exact) mass is 283 g/mol. The summed E-state index contributed by atoms with van der Waals surface area (Å²) in [5.74, 6) is -10.8. The Labute approximate surface area is 105 Å². The van der Waals surface area contributed by atoms with Gasteiger partial charge in [0, 0.05) is 13.6 Å². The molecule has 1 aromatic carbocycles. The molecule has 0 atom stereocenters. The highest BCUT2D eigenvalue weighted by Gasteiger charge is 2.27. The van der Waals surface area contributed by atoms with Crippen LogP contribution in [0.4, 0.5) is 27.6 Å². The van der Waals surface area contributed by atoms with Crippen LogP contribution in [0.1, 0.15) is 6.42 Å². The van der Waals surface area contributed by atoms with Crippen LogP contribution >= 0.6 is 0 Å². The van der Waals surface area contributed by atoms with Gasteiger partial charge in [0.15, 0.2) is 23.3 Å². The van der Waals surface area contributed by atoms with E-state index in [1.165, 1.54) is 0 Å². The first-order valence-corrected chi connectivity index (χ1v) is 5.10. The number of anilines is 1. The summed E-state index contributed by atoms with van der Waals surface area (Å²) in [4.78, 5) is 11.6. The first-order chi connectivity index (χ1) is 8.81. The molecule has 0 unspecified atom stereocenters. The lowest BCUT2D eigenvalue weighted by Crippen LogP contribution is -2.25. The van der Waals surface area contributed by atoms with Gasteiger partial charge in [0.2, 0.25) is 5.82 Å². The average Bonchev–Trinajstić information content (AvgIpc) is 2.40. The minimum absolute atomic E-state index is 0.257. The van der Waals surface area contributed by atoms with E-state index in [2.05, 4.69) is 4.74 Å². The zero-order chi connectivity index (χ0) is 14.7. The third-order valence-corrected chi connectivity index (χ3v) is 2.45. The summed E-state index contributed by atoms with van der Waals surface area (Å²) in [7, 11) is 2.21. The number of nitrogens with zero attached hydrogens (tertiary/aromatic N) is 1. The van der Waals surface area contributed by atoms with Crippen LogP contribution in [0.25, 0.3) is 0 Å². The Morgan fingerprint density at radius 2 is 1.42 bits per heavy atom. The molecule has 0 N–H and O–H groups in total. The average molecular weight is 283 g/mol. The predicted octanol–water partition coefficient (Wildman–Crippen LogP) is 2.38. The molecule has 0 aliphatic carbocycles. The molecule has 0 bridgehead atoms. The van der Waals surface area contributed by atoms with Crippen molar-refractivity contribution < 1.29 is 31.5 Å². The second kappa shape index (κ2) is 5.85. The van der Waals surface area contributed by atoms with E-state index in [4.69, 9.17) is 0 Å². The summed E-state index contributed by atoms with van der Waals surface area (Å²) in [6.07, 6.45) is -0.257. The number of hydrogen-bond acceptors (Lipinski definition) is 3. The molecule has 0 fully saturated rings. The quantitative estimate of drug-likeness (QED) is 0.368. The molecule has 1 aromatic rings. The first-order valence-electron chi connectivity index (χ1n) is 5.10. The molecule has 3 nitrogen and oxygen atoms in total. The number of esters is 1. The van der Waals surface area contributed by atoms with Crippen LogP contribution in [0, 0.1) is 29.1 Å². The SMILES string of the molecule is COC(=O)CCN(C)c1c(F)c(F)c(F)c(F)c1F. The molecule has 0 aliphatic rings. The smallest absolute Gasteiger partial charge is 0.307 e. The number of rotatable bonds is 4. The molecule has 0 amide bonds. The van der Waals surface area contributed by atoms with Gasteiger partial charge < -0.3 is 9.64 Å². The van der Waals surface area contributed by atoms with Gasteiger partial charge in [-0.05, 0) is 0 Å². The van der Waals surface area contributed by atoms with Crippen molar-refractivity contribution >= 4 is 11.7 Å². The molecule has 0 heterocycles. The van der Waals surface area contributed by atoms with Crippen LogP contribution in [0.15, 0.2) is 0 Å². The van der Waals surface area contributed by atoms with Crippen LogP contribution < -0.4 is 4.90 Å². The van der Waals surface area contributed by atoms with E-state index in [-0.39, 0.29) is 13.0 Å². The maximum absolute atomic E-state index is 13.4. The molecular formula is C11H10F5NO2. The summed E-state index contributed by atoms with van der Waals surface area (Å²) in [5.41, 5.74) is -1.08. The highest BCUT2D eigenvalue weighted by molar-refractivity contribution is 5.70. The van der Waals surface area contributed by atoms with Crippen LogP contribution in [0.5, 0.6) is 0 Å². The number of halogens is 5. The van der Waals surface area contributed by atoms with Gasteiger partial charge >= 0.3 is 5.97 Å². The third kappa shape index (κ3) is 2.94. The van der Waals surface area contributed by atoms with E-state index in [0.717, 1.165) is 19.1 Å². The van der Waals surface area contributed by atoms with E-state index in [1.54, 1.807) is 0 Å². The van der Waals surface area contributed by atoms with Crippen molar-refractivity contribution in [2.75, 3.05) is 25.6 Å². The molecular weight excluding hydrogens is 273 g/mol. The highest BCUT2D eigenvalue weighted by atomic mass is 19.2. The van der Waals surface area contributed by atoms with Gasteiger partial charge in [0.05, 0.1) is 13.5 Å². The molecule has 0 radical (unpaired) electrons. The van der Waals surface area contributed by atoms with Gasteiger partial charge in [-0.1, -0.05) is 0 Å². The van der Waals surface area contributed by atoms with Crippen LogP contribution in [-0.2, 0) is 9.53 Å². The molecule has 0 spiro atoms. The number of carbonyl (C=O) groups excluding carboxylic acids is 1. The molecule has 0 saturated heterocycles. The normalized spacial score (nSPS) is 10.5. The van der Waals surface area contributed by atoms with Crippen molar-refractivity contribution in [2.24, 2.45) is 0 Å². The van der Waals surface area contributed by atoms with Gasteiger partial charge in [-0.25, -0.2) is 22.0 Å². The van der Waals surface area contributed by atoms with Gasteiger partial charge in [0.1, 0.15) is 5.69 Å². The predicted molar refractivity (Wildman–Crippen MR) is 56.1 cm³/mol. The Balaban J connectivity index is 3.10. The largest absolute Gasteiger partial charge is 0.469 e.